The van der Waals surface area contributed by atoms with Gasteiger partial charge < -0.3 is 19.5 Å². The molecule has 1 heterocycles. The lowest BCUT2D eigenvalue weighted by atomic mass is 9.66. The number of rotatable bonds is 8. The number of hydrogen-bond acceptors (Lipinski definition) is 6. The summed E-state index contributed by atoms with van der Waals surface area (Å²) in [5.41, 5.74) is 4.65. The quantitative estimate of drug-likeness (QED) is 0.367. The van der Waals surface area contributed by atoms with Gasteiger partial charge in [0.05, 0.1) is 29.7 Å². The molecule has 6 rings (SSSR count). The van der Waals surface area contributed by atoms with Gasteiger partial charge in [-0.05, 0) is 116 Å². The van der Waals surface area contributed by atoms with Crippen molar-refractivity contribution in [3.8, 4) is 5.75 Å². The van der Waals surface area contributed by atoms with Gasteiger partial charge in [-0.2, -0.15) is 0 Å². The number of halogens is 1. The van der Waals surface area contributed by atoms with Crippen LogP contribution in [0.1, 0.15) is 66.4 Å². The molecule has 4 aliphatic rings. The summed E-state index contributed by atoms with van der Waals surface area (Å²) in [6.07, 6.45) is 9.59. The van der Waals surface area contributed by atoms with Crippen molar-refractivity contribution in [3.63, 3.8) is 0 Å². The summed E-state index contributed by atoms with van der Waals surface area (Å²) < 4.78 is 35.9. The molecule has 3 N–H and O–H groups in total. The lowest BCUT2D eigenvalue weighted by Gasteiger charge is -2.47. The number of ether oxygens (including phenoxy) is 2. The summed E-state index contributed by atoms with van der Waals surface area (Å²) in [4.78, 5) is 14.4. The number of allylic oxidation sites excluding steroid dienone is 1. The van der Waals surface area contributed by atoms with Crippen LogP contribution >= 0.6 is 11.6 Å². The van der Waals surface area contributed by atoms with E-state index < -0.39 is 16.0 Å². The molecule has 43 heavy (non-hydrogen) atoms. The van der Waals surface area contributed by atoms with Gasteiger partial charge in [-0.15, -0.1) is 0 Å². The minimum Gasteiger partial charge on any atom is -0.490 e. The topological polar surface area (TPSA) is 119 Å². The Kier molecular flexibility index (Phi) is 8.54. The van der Waals surface area contributed by atoms with Gasteiger partial charge in [0.2, 0.25) is 10.0 Å². The first-order chi connectivity index (χ1) is 20.5. The van der Waals surface area contributed by atoms with Crippen LogP contribution in [0, 0.1) is 17.8 Å². The van der Waals surface area contributed by atoms with Gasteiger partial charge in [0.15, 0.2) is 0 Å². The summed E-state index contributed by atoms with van der Waals surface area (Å²) in [7, 11) is -1.72. The molecule has 5 atom stereocenters. The van der Waals surface area contributed by atoms with Gasteiger partial charge >= 0.3 is 5.97 Å². The molecule has 232 valence electrons. The predicted octanol–water partition coefficient (Wildman–Crippen LogP) is 5.57. The van der Waals surface area contributed by atoms with E-state index in [1.807, 2.05) is 6.07 Å². The molecule has 0 saturated heterocycles. The van der Waals surface area contributed by atoms with Gasteiger partial charge in [0.25, 0.3) is 0 Å². The molecular weight excluding hydrogens is 588 g/mol. The van der Waals surface area contributed by atoms with E-state index in [0.717, 1.165) is 74.5 Å². The van der Waals surface area contributed by atoms with Crippen molar-refractivity contribution in [2.24, 2.45) is 22.9 Å². The second-order valence-corrected chi connectivity index (χ2v) is 15.1. The number of nitrogens with two attached hydrogens (primary N) is 1. The minimum absolute atomic E-state index is 0.0197. The minimum atomic E-state index is -3.49. The highest BCUT2D eigenvalue weighted by molar-refractivity contribution is 7.89. The van der Waals surface area contributed by atoms with Gasteiger partial charge in [0, 0.05) is 30.6 Å². The summed E-state index contributed by atoms with van der Waals surface area (Å²) in [5.74, 6) is 0.525. The predicted molar refractivity (Wildman–Crippen MR) is 168 cm³/mol. The molecule has 3 aliphatic carbocycles. The number of hydrogen-bond donors (Lipinski definition) is 2. The van der Waals surface area contributed by atoms with E-state index in [1.54, 1.807) is 25.3 Å². The van der Waals surface area contributed by atoms with Crippen molar-refractivity contribution >= 4 is 33.3 Å². The van der Waals surface area contributed by atoms with Crippen LogP contribution in [-0.2, 0) is 26.6 Å². The van der Waals surface area contributed by atoms with Crippen molar-refractivity contribution in [1.82, 2.24) is 0 Å². The average Bonchev–Trinajstić information content (AvgIpc) is 3.10. The van der Waals surface area contributed by atoms with Crippen LogP contribution in [0.25, 0.3) is 0 Å². The van der Waals surface area contributed by atoms with E-state index in [9.17, 15) is 18.3 Å². The third-order valence-electron chi connectivity index (χ3n) is 10.2. The zero-order valence-corrected chi connectivity index (χ0v) is 26.2. The molecule has 1 fully saturated rings. The molecule has 0 radical (unpaired) electrons. The Hall–Kier alpha value is -2.59. The normalized spacial score (nSPS) is 27.7. The number of methoxy groups -OCH3 is 1. The molecule has 0 amide bonds. The van der Waals surface area contributed by atoms with E-state index in [1.165, 1.54) is 16.7 Å². The highest BCUT2D eigenvalue weighted by Gasteiger charge is 2.45. The highest BCUT2D eigenvalue weighted by Crippen LogP contribution is 2.48. The number of carboxylic acid groups (broad SMARTS) is 1. The summed E-state index contributed by atoms with van der Waals surface area (Å²) in [6.45, 7) is 2.03. The largest absolute Gasteiger partial charge is 0.490 e. The number of sulfonamides is 1. The molecule has 1 unspecified atom stereocenters. The molecular formula is C33H41ClN2O6S. The Bertz CT molecular complexity index is 1530. The Balaban J connectivity index is 1.28. The number of carboxylic acids is 1. The van der Waals surface area contributed by atoms with Crippen molar-refractivity contribution in [2.75, 3.05) is 37.5 Å². The first-order valence-corrected chi connectivity index (χ1v) is 17.4. The number of benzene rings is 2. The van der Waals surface area contributed by atoms with Crippen LogP contribution < -0.4 is 14.8 Å². The number of nitrogens with zero attached hydrogens (tertiary/aromatic N) is 1. The summed E-state index contributed by atoms with van der Waals surface area (Å²) in [6, 6.07) is 11.4. The number of aromatic carboxylic acids is 1. The number of aryl methyl sites for hydroxylation is 1. The Morgan fingerprint density at radius 1 is 1.21 bits per heavy atom. The monoisotopic (exact) mass is 628 g/mol. The van der Waals surface area contributed by atoms with E-state index >= 15 is 0 Å². The van der Waals surface area contributed by atoms with Crippen molar-refractivity contribution in [2.45, 2.75) is 62.9 Å². The van der Waals surface area contributed by atoms with Crippen LogP contribution in [0.2, 0.25) is 5.02 Å². The fourth-order valence-corrected chi connectivity index (χ4v) is 9.15. The summed E-state index contributed by atoms with van der Waals surface area (Å²) >= 11 is 6.39. The van der Waals surface area contributed by atoms with E-state index in [2.05, 4.69) is 23.1 Å². The maximum Gasteiger partial charge on any atom is 0.335 e. The van der Waals surface area contributed by atoms with Crippen LogP contribution in [0.15, 0.2) is 48.0 Å². The average molecular weight is 629 g/mol. The molecule has 8 nitrogen and oxygen atoms in total. The molecule has 10 heteroatoms. The second-order valence-electron chi connectivity index (χ2n) is 13.0. The fourth-order valence-electron chi connectivity index (χ4n) is 8.00. The number of carbonyl (C=O) groups is 1. The third kappa shape index (κ3) is 6.32. The fraction of sp³-hybridized carbons (Fsp3) is 0.545. The van der Waals surface area contributed by atoms with Crippen molar-refractivity contribution in [3.05, 3.63) is 69.8 Å². The lowest BCUT2D eigenvalue weighted by Crippen LogP contribution is -2.50. The van der Waals surface area contributed by atoms with E-state index in [-0.39, 0.29) is 28.8 Å². The lowest BCUT2D eigenvalue weighted by molar-refractivity contribution is 0.00323. The van der Waals surface area contributed by atoms with E-state index in [4.69, 9.17) is 26.2 Å². The van der Waals surface area contributed by atoms with Crippen LogP contribution in [-0.4, -0.2) is 58.2 Å². The Morgan fingerprint density at radius 3 is 2.72 bits per heavy atom. The molecule has 2 aromatic carbocycles. The molecule has 1 aliphatic heterocycles. The first kappa shape index (κ1) is 30.4. The zero-order chi connectivity index (χ0) is 30.4. The number of anilines is 1. The third-order valence-corrected chi connectivity index (χ3v) is 11.4. The SMILES string of the molecule is COC(C1=CC[C@@H](CS(N)(=O)=O)CC1)[C@@H]1CC[C@H]1CN1C[C@@]2(CCCc3cc(Cl)ccc32)COc2ccc(C(=O)O)cc21. The van der Waals surface area contributed by atoms with Crippen molar-refractivity contribution < 1.29 is 27.8 Å². The summed E-state index contributed by atoms with van der Waals surface area (Å²) in [5, 5.41) is 15.9. The van der Waals surface area contributed by atoms with Gasteiger partial charge in [-0.25, -0.2) is 18.4 Å². The molecule has 1 spiro atoms. The number of primary sulfonamides is 1. The molecule has 0 aromatic heterocycles. The first-order valence-electron chi connectivity index (χ1n) is 15.3. The van der Waals surface area contributed by atoms with Crippen LogP contribution in [0.5, 0.6) is 5.75 Å². The Labute approximate surface area is 259 Å². The van der Waals surface area contributed by atoms with Gasteiger partial charge in [-0.1, -0.05) is 23.7 Å². The molecule has 0 bridgehead atoms. The number of fused-ring (bicyclic) bond motifs is 3. The van der Waals surface area contributed by atoms with Gasteiger partial charge in [0.1, 0.15) is 5.75 Å². The zero-order valence-electron chi connectivity index (χ0n) is 24.6. The van der Waals surface area contributed by atoms with Gasteiger partial charge in [-0.3, -0.25) is 0 Å². The second kappa shape index (κ2) is 12.1. The smallest absolute Gasteiger partial charge is 0.335 e. The highest BCUT2D eigenvalue weighted by atomic mass is 35.5. The molecule has 1 saturated carbocycles. The van der Waals surface area contributed by atoms with Crippen molar-refractivity contribution in [1.29, 1.82) is 0 Å². The van der Waals surface area contributed by atoms with Crippen LogP contribution in [0.3, 0.4) is 0 Å². The standard InChI is InChI=1S/C33H41ClN2O6S/c1-41-31(22-6-4-21(5-7-22)18-43(35,39)40)27-11-8-25(27)17-36-19-33(14-2-3-23-15-26(34)10-12-28(23)33)20-42-30-13-9-24(32(37)38)16-29(30)36/h6,9-10,12-13,15-16,21,25,27,31H,2-5,7-8,11,14,17-20H2,1H3,(H,37,38)(H2,35,39,40)/t21-,25+,27-,31?,33+/m1/s1. The van der Waals surface area contributed by atoms with E-state index in [0.29, 0.717) is 24.9 Å². The maximum absolute atomic E-state index is 12.0. The molecule has 2 aromatic rings. The maximum atomic E-state index is 12.0. The Morgan fingerprint density at radius 2 is 2.05 bits per heavy atom. The van der Waals surface area contributed by atoms with Crippen LogP contribution in [0.4, 0.5) is 5.69 Å².